The second kappa shape index (κ2) is 2.85. The standard InChI is InChI=1S/C10H15.Li/c1-8-6-5-7-9(8)10(2,3)4;/h7H,5H2,1-4H3;. The van der Waals surface area contributed by atoms with Gasteiger partial charge in [0.2, 0.25) is 0 Å². The maximum absolute atomic E-state index is 2.37. The molecule has 0 spiro atoms. The summed E-state index contributed by atoms with van der Waals surface area (Å²) in [5.74, 6) is 0. The number of allylic oxidation sites excluding steroid dienone is 4. The molecule has 0 bridgehead atoms. The summed E-state index contributed by atoms with van der Waals surface area (Å²) in [6.45, 7) is 9.07. The van der Waals surface area contributed by atoms with Crippen molar-refractivity contribution in [1.29, 1.82) is 0 Å². The van der Waals surface area contributed by atoms with Crippen LogP contribution in [0.15, 0.2) is 21.5 Å². The fraction of sp³-hybridized carbons (Fsp3) is 0.600. The topological polar surface area (TPSA) is 0 Å². The van der Waals surface area contributed by atoms with Gasteiger partial charge in [0.25, 0.3) is 0 Å². The van der Waals surface area contributed by atoms with Crippen molar-refractivity contribution in [1.82, 2.24) is 0 Å². The zero-order valence-corrected chi connectivity index (χ0v) is 8.28. The molecule has 0 amide bonds. The predicted molar refractivity (Wildman–Crippen MR) is 50.6 cm³/mol. The molecule has 1 aliphatic rings. The Balaban J connectivity index is 2.94. The Kier molecular flexibility index (Phi) is 2.37. The first-order chi connectivity index (χ1) is 4.93. The van der Waals surface area contributed by atoms with Crippen molar-refractivity contribution >= 4 is 17.7 Å². The monoisotopic (exact) mass is 142 g/mol. The zero-order valence-electron chi connectivity index (χ0n) is 8.28. The van der Waals surface area contributed by atoms with Gasteiger partial charge in [-0.3, -0.25) is 0 Å². The molecule has 0 saturated heterocycles. The molecule has 1 heteroatoms. The summed E-state index contributed by atoms with van der Waals surface area (Å²) in [7, 11) is 0. The quantitative estimate of drug-likeness (QED) is 0.456. The summed E-state index contributed by atoms with van der Waals surface area (Å²) in [6.07, 6.45) is 3.53. The van der Waals surface area contributed by atoms with Crippen LogP contribution in [0.1, 0.15) is 34.1 Å². The third-order valence-corrected chi connectivity index (χ3v) is 2.46. The molecule has 56 valence electrons. The van der Waals surface area contributed by atoms with E-state index in [-0.39, 0.29) is 0 Å². The average Bonchev–Trinajstić information content (AvgIpc) is 2.11. The van der Waals surface area contributed by atoms with Crippen LogP contribution in [-0.2, 0) is 0 Å². The first-order valence-corrected chi connectivity index (χ1v) is 4.30. The molecule has 0 saturated carbocycles. The van der Waals surface area contributed by atoms with Crippen LogP contribution in [-0.4, -0.2) is 17.7 Å². The minimum atomic E-state index is 0.335. The molecular weight excluding hydrogens is 127 g/mol. The molecule has 0 aromatic heterocycles. The molecule has 0 N–H and O–H groups in total. The van der Waals surface area contributed by atoms with Gasteiger partial charge in [0.15, 0.2) is 0 Å². The third-order valence-electron chi connectivity index (χ3n) is 2.46. The van der Waals surface area contributed by atoms with Gasteiger partial charge in [-0.05, 0) is 0 Å². The molecule has 0 atom stereocenters. The van der Waals surface area contributed by atoms with Gasteiger partial charge in [-0.15, -0.1) is 0 Å². The van der Waals surface area contributed by atoms with E-state index >= 15 is 0 Å². The van der Waals surface area contributed by atoms with E-state index in [2.05, 4.69) is 51.5 Å². The number of rotatable bonds is 0. The molecule has 0 aliphatic heterocycles. The molecule has 0 radical (unpaired) electrons. The van der Waals surface area contributed by atoms with Crippen LogP contribution < -0.4 is 0 Å². The summed E-state index contributed by atoms with van der Waals surface area (Å²) in [5.41, 5.74) is 3.38. The molecule has 0 heterocycles. The van der Waals surface area contributed by atoms with Gasteiger partial charge in [-0.2, -0.15) is 0 Å². The van der Waals surface area contributed by atoms with E-state index < -0.39 is 0 Å². The Morgan fingerprint density at radius 1 is 1.36 bits per heavy atom. The summed E-state index contributed by atoms with van der Waals surface area (Å²) < 4.78 is 1.54. The summed E-state index contributed by atoms with van der Waals surface area (Å²) in [5, 5.41) is 0. The van der Waals surface area contributed by atoms with Gasteiger partial charge in [0.05, 0.1) is 0 Å². The van der Waals surface area contributed by atoms with E-state index in [0.717, 1.165) is 0 Å². The van der Waals surface area contributed by atoms with E-state index in [1.807, 2.05) is 0 Å². The SMILES string of the molecule is [Li][C]1=C(C)C(C(C)(C)C)=CC1. The van der Waals surface area contributed by atoms with Crippen molar-refractivity contribution in [2.75, 3.05) is 0 Å². The van der Waals surface area contributed by atoms with Gasteiger partial charge in [-0.25, -0.2) is 0 Å². The average molecular weight is 142 g/mol. The second-order valence-electron chi connectivity index (χ2n) is 4.48. The van der Waals surface area contributed by atoms with Crippen molar-refractivity contribution in [2.45, 2.75) is 34.1 Å². The van der Waals surface area contributed by atoms with Crippen molar-refractivity contribution in [3.05, 3.63) is 21.5 Å². The van der Waals surface area contributed by atoms with Crippen LogP contribution in [0.2, 0.25) is 0 Å². The second-order valence-corrected chi connectivity index (χ2v) is 4.48. The third kappa shape index (κ3) is 1.81. The van der Waals surface area contributed by atoms with Crippen LogP contribution in [0.25, 0.3) is 0 Å². The molecule has 1 rings (SSSR count). The van der Waals surface area contributed by atoms with Crippen LogP contribution in [0.5, 0.6) is 0 Å². The van der Waals surface area contributed by atoms with E-state index in [0.29, 0.717) is 5.41 Å². The van der Waals surface area contributed by atoms with E-state index in [4.69, 9.17) is 0 Å². The number of hydrogen-bond donors (Lipinski definition) is 0. The van der Waals surface area contributed by atoms with Crippen LogP contribution in [0.3, 0.4) is 0 Å². The Bertz CT molecular complexity index is 226. The molecule has 0 nitrogen and oxygen atoms in total. The molecule has 0 aromatic carbocycles. The predicted octanol–water partition coefficient (Wildman–Crippen LogP) is 2.81. The molecule has 1 aliphatic carbocycles. The van der Waals surface area contributed by atoms with Crippen molar-refractivity contribution in [3.8, 4) is 0 Å². The molecule has 11 heavy (non-hydrogen) atoms. The molecule has 0 fully saturated rings. The van der Waals surface area contributed by atoms with Crippen LogP contribution in [0, 0.1) is 5.41 Å². The molecule has 0 unspecified atom stereocenters. The summed E-state index contributed by atoms with van der Waals surface area (Å²) >= 11 is 2.23. The van der Waals surface area contributed by atoms with Crippen molar-refractivity contribution < 1.29 is 0 Å². The normalized spacial score (nSPS) is 19.3. The van der Waals surface area contributed by atoms with E-state index in [9.17, 15) is 0 Å². The van der Waals surface area contributed by atoms with Gasteiger partial charge < -0.3 is 0 Å². The van der Waals surface area contributed by atoms with Crippen LogP contribution >= 0.6 is 0 Å². The van der Waals surface area contributed by atoms with Gasteiger partial charge in [-0.1, -0.05) is 0 Å². The van der Waals surface area contributed by atoms with E-state index in [1.165, 1.54) is 21.8 Å². The molecule has 0 aromatic rings. The Hall–Kier alpha value is 0.0774. The fourth-order valence-corrected chi connectivity index (χ4v) is 1.66. The Morgan fingerprint density at radius 3 is 2.09 bits per heavy atom. The summed E-state index contributed by atoms with van der Waals surface area (Å²) in [6, 6.07) is 0. The van der Waals surface area contributed by atoms with E-state index in [1.54, 1.807) is 0 Å². The molecular formula is C10H15Li. The first kappa shape index (κ1) is 9.17. The first-order valence-electron chi connectivity index (χ1n) is 4.30. The summed E-state index contributed by atoms with van der Waals surface area (Å²) in [4.78, 5) is 0. The zero-order chi connectivity index (χ0) is 8.65. The van der Waals surface area contributed by atoms with Crippen molar-refractivity contribution in [2.24, 2.45) is 5.41 Å². The number of hydrogen-bond acceptors (Lipinski definition) is 0. The van der Waals surface area contributed by atoms with Crippen LogP contribution in [0.4, 0.5) is 0 Å². The van der Waals surface area contributed by atoms with Gasteiger partial charge in [0.1, 0.15) is 0 Å². The fourth-order valence-electron chi connectivity index (χ4n) is 1.66. The maximum atomic E-state index is 2.37. The Morgan fingerprint density at radius 2 is 1.91 bits per heavy atom. The minimum absolute atomic E-state index is 0.335. The van der Waals surface area contributed by atoms with Gasteiger partial charge in [0, 0.05) is 0 Å². The van der Waals surface area contributed by atoms with Gasteiger partial charge >= 0.3 is 78.7 Å². The Labute approximate surface area is 79.0 Å². The van der Waals surface area contributed by atoms with Crippen molar-refractivity contribution in [3.63, 3.8) is 0 Å².